The number of ether oxygens (including phenoxy) is 2. The highest BCUT2D eigenvalue weighted by Gasteiger charge is 2.22. The molecule has 0 bridgehead atoms. The third kappa shape index (κ3) is 6.20. The maximum atomic E-state index is 15.3. The van der Waals surface area contributed by atoms with Crippen molar-refractivity contribution in [3.8, 4) is 28.3 Å². The SMILES string of the molecule is C[Si](C)(C)CCOCn1ncc(-c2ccc(OCc3ccccc3)c(F)c2F)c1-c1ccccn1. The Morgan fingerprint density at radius 1 is 0.886 bits per heavy atom. The zero-order valence-electron chi connectivity index (χ0n) is 20.2. The van der Waals surface area contributed by atoms with E-state index in [4.69, 9.17) is 9.47 Å². The van der Waals surface area contributed by atoms with Crippen LogP contribution in [0.2, 0.25) is 25.7 Å². The van der Waals surface area contributed by atoms with Gasteiger partial charge in [0.15, 0.2) is 11.6 Å². The van der Waals surface area contributed by atoms with Crippen LogP contribution in [0.3, 0.4) is 0 Å². The molecule has 35 heavy (non-hydrogen) atoms. The Bertz CT molecular complexity index is 1260. The molecule has 0 radical (unpaired) electrons. The van der Waals surface area contributed by atoms with Gasteiger partial charge in [0.2, 0.25) is 5.82 Å². The number of hydrogen-bond acceptors (Lipinski definition) is 4. The van der Waals surface area contributed by atoms with E-state index in [9.17, 15) is 4.39 Å². The summed E-state index contributed by atoms with van der Waals surface area (Å²) in [4.78, 5) is 4.42. The Balaban J connectivity index is 1.62. The summed E-state index contributed by atoms with van der Waals surface area (Å²) < 4.78 is 43.3. The molecule has 0 amide bonds. The van der Waals surface area contributed by atoms with Crippen LogP contribution in [-0.4, -0.2) is 29.4 Å². The van der Waals surface area contributed by atoms with Gasteiger partial charge in [-0.2, -0.15) is 9.49 Å². The van der Waals surface area contributed by atoms with E-state index in [0.717, 1.165) is 11.6 Å². The number of nitrogens with zero attached hydrogens (tertiary/aromatic N) is 3. The Morgan fingerprint density at radius 3 is 2.37 bits per heavy atom. The molecule has 0 aliphatic heterocycles. The van der Waals surface area contributed by atoms with E-state index < -0.39 is 19.7 Å². The molecule has 0 fully saturated rings. The van der Waals surface area contributed by atoms with Crippen LogP contribution in [-0.2, 0) is 18.1 Å². The fraction of sp³-hybridized carbons (Fsp3) is 0.259. The van der Waals surface area contributed by atoms with Crippen LogP contribution >= 0.6 is 0 Å². The van der Waals surface area contributed by atoms with E-state index in [-0.39, 0.29) is 24.7 Å². The van der Waals surface area contributed by atoms with Crippen molar-refractivity contribution in [3.05, 3.63) is 90.3 Å². The van der Waals surface area contributed by atoms with Gasteiger partial charge in [-0.25, -0.2) is 9.07 Å². The summed E-state index contributed by atoms with van der Waals surface area (Å²) in [5.74, 6) is -2.17. The van der Waals surface area contributed by atoms with Crippen LogP contribution in [0, 0.1) is 11.6 Å². The standard InChI is InChI=1S/C27H29F2N3O2Si/c1-35(2,3)16-15-33-19-32-27(23-11-7-8-14-30-23)22(17-31-32)21-12-13-24(26(29)25(21)28)34-18-20-9-5-4-6-10-20/h4-14,17H,15-16,18-19H2,1-3H3. The summed E-state index contributed by atoms with van der Waals surface area (Å²) in [7, 11) is -1.24. The highest BCUT2D eigenvalue weighted by molar-refractivity contribution is 6.76. The van der Waals surface area contributed by atoms with Crippen molar-refractivity contribution in [1.29, 1.82) is 0 Å². The highest BCUT2D eigenvalue weighted by Crippen LogP contribution is 2.36. The minimum absolute atomic E-state index is 0.0866. The summed E-state index contributed by atoms with van der Waals surface area (Å²) in [5, 5.41) is 4.41. The molecular formula is C27H29F2N3O2Si. The van der Waals surface area contributed by atoms with Crippen LogP contribution in [0.25, 0.3) is 22.5 Å². The summed E-state index contributed by atoms with van der Waals surface area (Å²) in [5.41, 5.74) is 2.55. The van der Waals surface area contributed by atoms with Gasteiger partial charge < -0.3 is 9.47 Å². The molecule has 2 aromatic carbocycles. The fourth-order valence-electron chi connectivity index (χ4n) is 3.57. The molecule has 5 nitrogen and oxygen atoms in total. The number of pyridine rings is 1. The number of benzene rings is 2. The molecular weight excluding hydrogens is 464 g/mol. The first-order valence-electron chi connectivity index (χ1n) is 11.5. The van der Waals surface area contributed by atoms with Crippen LogP contribution in [0.5, 0.6) is 5.75 Å². The van der Waals surface area contributed by atoms with Gasteiger partial charge in [0.1, 0.15) is 13.3 Å². The maximum Gasteiger partial charge on any atom is 0.201 e. The van der Waals surface area contributed by atoms with Crippen molar-refractivity contribution in [1.82, 2.24) is 14.8 Å². The van der Waals surface area contributed by atoms with Gasteiger partial charge in [-0.05, 0) is 35.9 Å². The second-order valence-electron chi connectivity index (χ2n) is 9.48. The van der Waals surface area contributed by atoms with Crippen LogP contribution in [0.4, 0.5) is 8.78 Å². The number of hydrogen-bond donors (Lipinski definition) is 0. The predicted octanol–water partition coefficient (Wildman–Crippen LogP) is 6.78. The topological polar surface area (TPSA) is 49.2 Å². The summed E-state index contributed by atoms with van der Waals surface area (Å²) >= 11 is 0. The maximum absolute atomic E-state index is 15.3. The zero-order valence-corrected chi connectivity index (χ0v) is 21.2. The third-order valence-corrected chi connectivity index (χ3v) is 7.24. The van der Waals surface area contributed by atoms with Crippen molar-refractivity contribution >= 4 is 8.07 Å². The van der Waals surface area contributed by atoms with Crippen LogP contribution < -0.4 is 4.74 Å². The summed E-state index contributed by atoms with van der Waals surface area (Å²) in [6.07, 6.45) is 3.17. The lowest BCUT2D eigenvalue weighted by atomic mass is 10.0. The minimum atomic E-state index is -1.24. The molecule has 0 aliphatic rings. The Kier molecular flexibility index (Phi) is 7.72. The molecule has 0 atom stereocenters. The smallest absolute Gasteiger partial charge is 0.201 e. The van der Waals surface area contributed by atoms with E-state index >= 15 is 4.39 Å². The van der Waals surface area contributed by atoms with Crippen LogP contribution in [0.15, 0.2) is 73.1 Å². The van der Waals surface area contributed by atoms with Crippen molar-refractivity contribution in [3.63, 3.8) is 0 Å². The van der Waals surface area contributed by atoms with Crippen molar-refractivity contribution in [2.24, 2.45) is 0 Å². The average Bonchev–Trinajstić information content (AvgIpc) is 3.27. The zero-order chi connectivity index (χ0) is 24.8. The Morgan fingerprint density at radius 2 is 1.66 bits per heavy atom. The Labute approximate surface area is 205 Å². The molecule has 0 spiro atoms. The summed E-state index contributed by atoms with van der Waals surface area (Å²) in [6.45, 7) is 7.80. The third-order valence-electron chi connectivity index (χ3n) is 5.53. The van der Waals surface area contributed by atoms with Gasteiger partial charge in [0.05, 0.1) is 17.6 Å². The molecule has 4 aromatic rings. The normalized spacial score (nSPS) is 11.6. The quantitative estimate of drug-likeness (QED) is 0.180. The van der Waals surface area contributed by atoms with E-state index in [0.29, 0.717) is 23.6 Å². The van der Waals surface area contributed by atoms with Crippen molar-refractivity contribution < 1.29 is 18.3 Å². The molecule has 0 saturated carbocycles. The van der Waals surface area contributed by atoms with E-state index in [2.05, 4.69) is 29.7 Å². The van der Waals surface area contributed by atoms with E-state index in [1.807, 2.05) is 42.5 Å². The fourth-order valence-corrected chi connectivity index (χ4v) is 4.33. The second-order valence-corrected chi connectivity index (χ2v) is 15.1. The largest absolute Gasteiger partial charge is 0.486 e. The van der Waals surface area contributed by atoms with Gasteiger partial charge in [0.25, 0.3) is 0 Å². The first-order chi connectivity index (χ1) is 16.8. The van der Waals surface area contributed by atoms with Crippen molar-refractivity contribution in [2.75, 3.05) is 6.61 Å². The van der Waals surface area contributed by atoms with E-state index in [1.165, 1.54) is 18.3 Å². The molecule has 2 aromatic heterocycles. The van der Waals surface area contributed by atoms with Crippen molar-refractivity contribution in [2.45, 2.75) is 39.0 Å². The molecule has 0 aliphatic carbocycles. The number of halogens is 2. The molecule has 4 rings (SSSR count). The summed E-state index contributed by atoms with van der Waals surface area (Å²) in [6, 6.07) is 18.8. The highest BCUT2D eigenvalue weighted by atomic mass is 28.3. The molecule has 0 saturated heterocycles. The van der Waals surface area contributed by atoms with Gasteiger partial charge in [-0.1, -0.05) is 56.0 Å². The lowest BCUT2D eigenvalue weighted by molar-refractivity contribution is 0.0797. The minimum Gasteiger partial charge on any atom is -0.486 e. The monoisotopic (exact) mass is 493 g/mol. The average molecular weight is 494 g/mol. The predicted molar refractivity (Wildman–Crippen MR) is 136 cm³/mol. The lowest BCUT2D eigenvalue weighted by Crippen LogP contribution is -2.22. The molecule has 0 N–H and O–H groups in total. The van der Waals surface area contributed by atoms with Gasteiger partial charge in [0, 0.05) is 32.0 Å². The lowest BCUT2D eigenvalue weighted by Gasteiger charge is -2.16. The molecule has 2 heterocycles. The number of aromatic nitrogens is 3. The second kappa shape index (κ2) is 10.9. The van der Waals surface area contributed by atoms with Gasteiger partial charge in [-0.3, -0.25) is 4.98 Å². The Hall–Kier alpha value is -3.36. The first kappa shape index (κ1) is 24.8. The molecule has 182 valence electrons. The van der Waals surface area contributed by atoms with Crippen LogP contribution in [0.1, 0.15) is 5.56 Å². The van der Waals surface area contributed by atoms with Gasteiger partial charge >= 0.3 is 0 Å². The molecule has 0 unspecified atom stereocenters. The molecule has 8 heteroatoms. The van der Waals surface area contributed by atoms with E-state index in [1.54, 1.807) is 16.9 Å². The number of rotatable bonds is 10. The van der Waals surface area contributed by atoms with Gasteiger partial charge in [-0.15, -0.1) is 0 Å². The first-order valence-corrected chi connectivity index (χ1v) is 15.2.